The van der Waals surface area contributed by atoms with Crippen molar-refractivity contribution in [2.45, 2.75) is 52.4 Å². The molecule has 0 unspecified atom stereocenters. The van der Waals surface area contributed by atoms with Gasteiger partial charge in [0.25, 0.3) is 0 Å². The number of rotatable bonds is 2. The van der Waals surface area contributed by atoms with E-state index in [1.807, 2.05) is 12.1 Å². The van der Waals surface area contributed by atoms with Gasteiger partial charge in [0.2, 0.25) is 0 Å². The van der Waals surface area contributed by atoms with Crippen LogP contribution >= 0.6 is 23.2 Å². The smallest absolute Gasteiger partial charge is 0.146 e. The first kappa shape index (κ1) is 19.7. The number of phenols is 1. The first-order valence-electron chi connectivity index (χ1n) is 8.14. The second-order valence-corrected chi connectivity index (χ2v) is 9.03. The molecule has 1 N–H and O–H groups in total. The van der Waals surface area contributed by atoms with Gasteiger partial charge in [-0.05, 0) is 40.7 Å². The topological polar surface area (TPSA) is 45.0 Å². The van der Waals surface area contributed by atoms with Crippen LogP contribution in [0.2, 0.25) is 10.0 Å². The maximum Gasteiger partial charge on any atom is 0.146 e. The van der Waals surface area contributed by atoms with Crippen molar-refractivity contribution in [1.29, 1.82) is 0 Å². The molecule has 2 rings (SSSR count). The van der Waals surface area contributed by atoms with Crippen molar-refractivity contribution in [2.75, 3.05) is 0 Å². The van der Waals surface area contributed by atoms with Crippen LogP contribution in [0.25, 0.3) is 0 Å². The maximum atomic E-state index is 10.7. The van der Waals surface area contributed by atoms with Crippen LogP contribution in [-0.4, -0.2) is 5.11 Å². The zero-order valence-electron chi connectivity index (χ0n) is 15.5. The molecule has 0 aromatic heterocycles. The Morgan fingerprint density at radius 3 is 1.96 bits per heavy atom. The van der Waals surface area contributed by atoms with Gasteiger partial charge < -0.3 is 5.11 Å². The molecule has 5 heteroatoms. The number of aromatic hydroxyl groups is 1. The molecule has 0 heterocycles. The molecule has 0 saturated heterocycles. The molecule has 25 heavy (non-hydrogen) atoms. The van der Waals surface area contributed by atoms with E-state index in [9.17, 15) is 5.11 Å². The Labute approximate surface area is 159 Å². The summed E-state index contributed by atoms with van der Waals surface area (Å²) in [6.07, 6.45) is 0. The minimum absolute atomic E-state index is 0.0777. The Morgan fingerprint density at radius 2 is 1.40 bits per heavy atom. The Hall–Kier alpha value is -1.58. The lowest BCUT2D eigenvalue weighted by atomic mass is 9.80. The van der Waals surface area contributed by atoms with Gasteiger partial charge in [-0.15, -0.1) is 10.2 Å². The number of hydrogen-bond acceptors (Lipinski definition) is 3. The van der Waals surface area contributed by atoms with Crippen LogP contribution < -0.4 is 0 Å². The minimum Gasteiger partial charge on any atom is -0.505 e. The molecule has 0 aliphatic rings. The maximum absolute atomic E-state index is 10.7. The Balaban J connectivity index is 2.60. The predicted molar refractivity (Wildman–Crippen MR) is 106 cm³/mol. The van der Waals surface area contributed by atoms with E-state index >= 15 is 0 Å². The van der Waals surface area contributed by atoms with Crippen molar-refractivity contribution < 1.29 is 5.11 Å². The lowest BCUT2D eigenvalue weighted by molar-refractivity contribution is 0.446. The zero-order valence-corrected chi connectivity index (χ0v) is 17.0. The molecule has 0 spiro atoms. The van der Waals surface area contributed by atoms with Crippen molar-refractivity contribution in [3.05, 3.63) is 51.5 Å². The van der Waals surface area contributed by atoms with E-state index in [2.05, 4.69) is 51.8 Å². The second-order valence-electron chi connectivity index (χ2n) is 8.19. The summed E-state index contributed by atoms with van der Waals surface area (Å²) in [4.78, 5) is 0. The summed E-state index contributed by atoms with van der Waals surface area (Å²) in [6.45, 7) is 12.6. The number of benzene rings is 2. The summed E-state index contributed by atoms with van der Waals surface area (Å²) < 4.78 is 0. The quantitative estimate of drug-likeness (QED) is 0.534. The van der Waals surface area contributed by atoms with Gasteiger partial charge in [0.05, 0.1) is 5.02 Å². The number of nitrogens with zero attached hydrogens (tertiary/aromatic N) is 2. The van der Waals surface area contributed by atoms with E-state index in [4.69, 9.17) is 23.2 Å². The van der Waals surface area contributed by atoms with Crippen molar-refractivity contribution in [2.24, 2.45) is 10.2 Å². The van der Waals surface area contributed by atoms with E-state index in [1.54, 1.807) is 18.2 Å². The van der Waals surface area contributed by atoms with Gasteiger partial charge in [-0.1, -0.05) is 70.8 Å². The molecule has 0 radical (unpaired) electrons. The number of hydrogen-bond donors (Lipinski definition) is 1. The molecule has 0 atom stereocenters. The normalized spacial score (nSPS) is 12.8. The standard InChI is InChI=1S/C20H24Cl2N2O/c1-19(2,3)12-9-14(20(4,5)6)18(25)17(10-12)24-23-16-11-13(21)7-8-15(16)22/h7-11,25H,1-6H3/b24-23+. The van der Waals surface area contributed by atoms with Gasteiger partial charge in [-0.25, -0.2) is 0 Å². The van der Waals surface area contributed by atoms with Gasteiger partial charge in [0, 0.05) is 10.6 Å². The third-order valence-corrected chi connectivity index (χ3v) is 4.49. The molecule has 2 aromatic carbocycles. The number of azo groups is 1. The summed E-state index contributed by atoms with van der Waals surface area (Å²) >= 11 is 12.1. The van der Waals surface area contributed by atoms with E-state index in [0.29, 0.717) is 21.4 Å². The van der Waals surface area contributed by atoms with Crippen LogP contribution in [0.3, 0.4) is 0 Å². The van der Waals surface area contributed by atoms with Crippen LogP contribution in [0.1, 0.15) is 52.7 Å². The molecular formula is C20H24Cl2N2O. The van der Waals surface area contributed by atoms with Crippen LogP contribution in [-0.2, 0) is 10.8 Å². The van der Waals surface area contributed by atoms with Crippen molar-refractivity contribution >= 4 is 34.6 Å². The average Bonchev–Trinajstić information content (AvgIpc) is 2.47. The van der Waals surface area contributed by atoms with Crippen molar-refractivity contribution in [1.82, 2.24) is 0 Å². The van der Waals surface area contributed by atoms with E-state index in [-0.39, 0.29) is 16.6 Å². The number of halogens is 2. The predicted octanol–water partition coefficient (Wildman–Crippen LogP) is 7.71. The number of phenolic OH excluding ortho intramolecular Hbond substituents is 1. The van der Waals surface area contributed by atoms with E-state index in [1.165, 1.54) is 0 Å². The SMILES string of the molecule is CC(C)(C)c1cc(/N=N/c2cc(Cl)ccc2Cl)c(O)c(C(C)(C)C)c1. The third kappa shape index (κ3) is 4.74. The fourth-order valence-electron chi connectivity index (χ4n) is 2.37. The fourth-order valence-corrected chi connectivity index (χ4v) is 2.69. The van der Waals surface area contributed by atoms with E-state index in [0.717, 1.165) is 11.1 Å². The summed E-state index contributed by atoms with van der Waals surface area (Å²) in [5.74, 6) is 0.141. The molecule has 0 amide bonds. The van der Waals surface area contributed by atoms with Crippen LogP contribution in [0, 0.1) is 0 Å². The molecule has 0 aliphatic heterocycles. The highest BCUT2D eigenvalue weighted by Crippen LogP contribution is 2.42. The van der Waals surface area contributed by atoms with Gasteiger partial charge in [0.15, 0.2) is 0 Å². The second kappa shape index (κ2) is 6.97. The largest absolute Gasteiger partial charge is 0.505 e. The summed E-state index contributed by atoms with van der Waals surface area (Å²) in [7, 11) is 0. The molecule has 2 aromatic rings. The Kier molecular flexibility index (Phi) is 5.50. The van der Waals surface area contributed by atoms with Crippen LogP contribution in [0.15, 0.2) is 40.6 Å². The monoisotopic (exact) mass is 378 g/mol. The molecule has 0 saturated carbocycles. The van der Waals surface area contributed by atoms with Crippen molar-refractivity contribution in [3.8, 4) is 5.75 Å². The first-order valence-corrected chi connectivity index (χ1v) is 8.90. The Bertz CT molecular complexity index is 816. The zero-order chi connectivity index (χ0) is 19.0. The fraction of sp³-hybridized carbons (Fsp3) is 0.400. The highest BCUT2D eigenvalue weighted by Gasteiger charge is 2.25. The van der Waals surface area contributed by atoms with Gasteiger partial charge in [-0.3, -0.25) is 0 Å². The van der Waals surface area contributed by atoms with Crippen LogP contribution in [0.4, 0.5) is 11.4 Å². The highest BCUT2D eigenvalue weighted by atomic mass is 35.5. The highest BCUT2D eigenvalue weighted by molar-refractivity contribution is 6.35. The molecular weight excluding hydrogens is 355 g/mol. The van der Waals surface area contributed by atoms with E-state index < -0.39 is 0 Å². The molecule has 0 bridgehead atoms. The lowest BCUT2D eigenvalue weighted by Gasteiger charge is -2.26. The van der Waals surface area contributed by atoms with Gasteiger partial charge in [0.1, 0.15) is 17.1 Å². The summed E-state index contributed by atoms with van der Waals surface area (Å²) in [5.41, 5.74) is 2.52. The molecule has 3 nitrogen and oxygen atoms in total. The van der Waals surface area contributed by atoms with Crippen molar-refractivity contribution in [3.63, 3.8) is 0 Å². The summed E-state index contributed by atoms with van der Waals surface area (Å²) in [5, 5.41) is 20.1. The first-order chi connectivity index (χ1) is 11.4. The van der Waals surface area contributed by atoms with Gasteiger partial charge >= 0.3 is 0 Å². The average molecular weight is 379 g/mol. The molecule has 0 fully saturated rings. The summed E-state index contributed by atoms with van der Waals surface area (Å²) in [6, 6.07) is 8.92. The molecule has 0 aliphatic carbocycles. The third-order valence-electron chi connectivity index (χ3n) is 3.94. The lowest BCUT2D eigenvalue weighted by Crippen LogP contribution is -2.16. The van der Waals surface area contributed by atoms with Gasteiger partial charge in [-0.2, -0.15) is 0 Å². The van der Waals surface area contributed by atoms with Crippen LogP contribution in [0.5, 0.6) is 5.75 Å². The Morgan fingerprint density at radius 1 is 0.800 bits per heavy atom. The minimum atomic E-state index is -0.219. The molecule has 134 valence electrons.